The van der Waals surface area contributed by atoms with E-state index in [1.54, 1.807) is 6.20 Å². The van der Waals surface area contributed by atoms with Gasteiger partial charge in [-0.25, -0.2) is 9.97 Å². The van der Waals surface area contributed by atoms with Crippen LogP contribution in [0.2, 0.25) is 0 Å². The summed E-state index contributed by atoms with van der Waals surface area (Å²) in [6.07, 6.45) is 7.96. The van der Waals surface area contributed by atoms with Gasteiger partial charge < -0.3 is 15.2 Å². The molecular weight excluding hydrogens is 250 g/mol. The highest BCUT2D eigenvalue weighted by Gasteiger charge is 1.99. The first-order chi connectivity index (χ1) is 9.90. The lowest BCUT2D eigenvalue weighted by Gasteiger charge is -2.07. The van der Waals surface area contributed by atoms with Crippen molar-refractivity contribution in [3.63, 3.8) is 0 Å². The highest BCUT2D eigenvalue weighted by molar-refractivity contribution is 5.32. The number of imidazole rings is 1. The summed E-state index contributed by atoms with van der Waals surface area (Å²) in [7, 11) is 0. The summed E-state index contributed by atoms with van der Waals surface area (Å²) in [6.45, 7) is 5.93. The Balaban J connectivity index is 1.52. The number of unbranched alkanes of at least 4 members (excludes halogenated alkanes) is 1. The van der Waals surface area contributed by atoms with Crippen LogP contribution >= 0.6 is 0 Å². The summed E-state index contributed by atoms with van der Waals surface area (Å²) in [6, 6.07) is 5.91. The maximum Gasteiger partial charge on any atom is 0.125 e. The molecule has 0 aliphatic carbocycles. The SMILES string of the molecule is CCn1ccnc1CNCCCCNc1ccccn1. The molecule has 0 saturated heterocycles. The van der Waals surface area contributed by atoms with Crippen LogP contribution in [0.1, 0.15) is 25.6 Å². The number of anilines is 1. The normalized spacial score (nSPS) is 10.7. The first-order valence-corrected chi connectivity index (χ1v) is 7.25. The van der Waals surface area contributed by atoms with E-state index in [0.29, 0.717) is 0 Å². The van der Waals surface area contributed by atoms with Gasteiger partial charge in [0.15, 0.2) is 0 Å². The molecule has 0 aliphatic rings. The number of rotatable bonds is 9. The van der Waals surface area contributed by atoms with Crippen molar-refractivity contribution in [3.05, 3.63) is 42.6 Å². The van der Waals surface area contributed by atoms with Crippen LogP contribution in [0.3, 0.4) is 0 Å². The number of aromatic nitrogens is 3. The highest BCUT2D eigenvalue weighted by Crippen LogP contribution is 2.00. The predicted molar refractivity (Wildman–Crippen MR) is 81.6 cm³/mol. The lowest BCUT2D eigenvalue weighted by atomic mass is 10.3. The lowest BCUT2D eigenvalue weighted by Crippen LogP contribution is -2.18. The smallest absolute Gasteiger partial charge is 0.125 e. The minimum Gasteiger partial charge on any atom is -0.370 e. The summed E-state index contributed by atoms with van der Waals surface area (Å²) >= 11 is 0. The van der Waals surface area contributed by atoms with Gasteiger partial charge in [0.2, 0.25) is 0 Å². The molecule has 20 heavy (non-hydrogen) atoms. The Hall–Kier alpha value is -1.88. The zero-order chi connectivity index (χ0) is 14.0. The van der Waals surface area contributed by atoms with Crippen molar-refractivity contribution in [2.45, 2.75) is 32.9 Å². The van der Waals surface area contributed by atoms with Gasteiger partial charge in [-0.05, 0) is 38.4 Å². The molecule has 0 aromatic carbocycles. The number of aryl methyl sites for hydroxylation is 1. The van der Waals surface area contributed by atoms with Gasteiger partial charge in [0.05, 0.1) is 6.54 Å². The summed E-state index contributed by atoms with van der Waals surface area (Å²) in [5.41, 5.74) is 0. The topological polar surface area (TPSA) is 54.8 Å². The summed E-state index contributed by atoms with van der Waals surface area (Å²) in [5.74, 6) is 2.06. The third kappa shape index (κ3) is 4.66. The molecular formula is C15H23N5. The van der Waals surface area contributed by atoms with Crippen molar-refractivity contribution < 1.29 is 0 Å². The first kappa shape index (κ1) is 14.5. The fourth-order valence-electron chi connectivity index (χ4n) is 2.05. The van der Waals surface area contributed by atoms with Gasteiger partial charge in [-0.3, -0.25) is 0 Å². The molecule has 2 heterocycles. The van der Waals surface area contributed by atoms with Gasteiger partial charge in [0.1, 0.15) is 11.6 Å². The van der Waals surface area contributed by atoms with Crippen molar-refractivity contribution >= 4 is 5.82 Å². The summed E-state index contributed by atoms with van der Waals surface area (Å²) in [4.78, 5) is 8.57. The molecule has 0 spiro atoms. The molecule has 2 rings (SSSR count). The average molecular weight is 273 g/mol. The molecule has 0 fully saturated rings. The summed E-state index contributed by atoms with van der Waals surface area (Å²) in [5, 5.41) is 6.75. The van der Waals surface area contributed by atoms with Crippen LogP contribution in [0, 0.1) is 0 Å². The lowest BCUT2D eigenvalue weighted by molar-refractivity contribution is 0.588. The maximum atomic E-state index is 4.34. The number of nitrogens with zero attached hydrogens (tertiary/aromatic N) is 3. The third-order valence-corrected chi connectivity index (χ3v) is 3.18. The fraction of sp³-hybridized carbons (Fsp3) is 0.467. The second-order valence-electron chi connectivity index (χ2n) is 4.66. The Bertz CT molecular complexity index is 480. The molecule has 2 aromatic heterocycles. The molecule has 0 amide bonds. The fourth-order valence-corrected chi connectivity index (χ4v) is 2.05. The van der Waals surface area contributed by atoms with E-state index in [9.17, 15) is 0 Å². The molecule has 0 saturated carbocycles. The van der Waals surface area contributed by atoms with Crippen molar-refractivity contribution in [3.8, 4) is 0 Å². The summed E-state index contributed by atoms with van der Waals surface area (Å²) < 4.78 is 2.16. The van der Waals surface area contributed by atoms with Crippen molar-refractivity contribution in [2.75, 3.05) is 18.4 Å². The first-order valence-electron chi connectivity index (χ1n) is 7.25. The molecule has 5 nitrogen and oxygen atoms in total. The zero-order valence-corrected chi connectivity index (χ0v) is 12.0. The van der Waals surface area contributed by atoms with Crippen molar-refractivity contribution in [1.29, 1.82) is 0 Å². The Kier molecular flexibility index (Phi) is 6.05. The van der Waals surface area contributed by atoms with E-state index in [1.165, 1.54) is 0 Å². The molecule has 2 aromatic rings. The minimum atomic E-state index is 0.842. The van der Waals surface area contributed by atoms with Crippen LogP contribution in [0.25, 0.3) is 0 Å². The van der Waals surface area contributed by atoms with Crippen LogP contribution < -0.4 is 10.6 Å². The third-order valence-electron chi connectivity index (χ3n) is 3.18. The van der Waals surface area contributed by atoms with E-state index in [0.717, 1.165) is 50.7 Å². The van der Waals surface area contributed by atoms with Gasteiger partial charge >= 0.3 is 0 Å². The van der Waals surface area contributed by atoms with Gasteiger partial charge in [-0.15, -0.1) is 0 Å². The quantitative estimate of drug-likeness (QED) is 0.688. The molecule has 5 heteroatoms. The number of hydrogen-bond acceptors (Lipinski definition) is 4. The van der Waals surface area contributed by atoms with Crippen LogP contribution in [0.15, 0.2) is 36.8 Å². The largest absolute Gasteiger partial charge is 0.370 e. The molecule has 0 radical (unpaired) electrons. The van der Waals surface area contributed by atoms with Gasteiger partial charge in [0.25, 0.3) is 0 Å². The molecule has 0 aliphatic heterocycles. The molecule has 2 N–H and O–H groups in total. The Morgan fingerprint density at radius 2 is 2.00 bits per heavy atom. The minimum absolute atomic E-state index is 0.842. The van der Waals surface area contributed by atoms with E-state index >= 15 is 0 Å². The van der Waals surface area contributed by atoms with Gasteiger partial charge in [-0.1, -0.05) is 6.07 Å². The zero-order valence-electron chi connectivity index (χ0n) is 12.0. The second-order valence-corrected chi connectivity index (χ2v) is 4.66. The van der Waals surface area contributed by atoms with E-state index in [1.807, 2.05) is 30.6 Å². The molecule has 0 bridgehead atoms. The van der Waals surface area contributed by atoms with E-state index < -0.39 is 0 Å². The van der Waals surface area contributed by atoms with Crippen LogP contribution in [0.4, 0.5) is 5.82 Å². The van der Waals surface area contributed by atoms with E-state index in [-0.39, 0.29) is 0 Å². The van der Waals surface area contributed by atoms with E-state index in [4.69, 9.17) is 0 Å². The van der Waals surface area contributed by atoms with Crippen molar-refractivity contribution in [2.24, 2.45) is 0 Å². The number of nitrogens with one attached hydrogen (secondary N) is 2. The predicted octanol–water partition coefficient (Wildman–Crippen LogP) is 2.28. The second kappa shape index (κ2) is 8.32. The maximum absolute atomic E-state index is 4.34. The Labute approximate surface area is 120 Å². The van der Waals surface area contributed by atoms with Gasteiger partial charge in [-0.2, -0.15) is 0 Å². The Morgan fingerprint density at radius 3 is 2.80 bits per heavy atom. The average Bonchev–Trinajstić information content (AvgIpc) is 2.95. The highest BCUT2D eigenvalue weighted by atomic mass is 15.1. The number of pyridine rings is 1. The van der Waals surface area contributed by atoms with Crippen LogP contribution in [-0.2, 0) is 13.1 Å². The molecule has 0 atom stereocenters. The van der Waals surface area contributed by atoms with Crippen molar-refractivity contribution in [1.82, 2.24) is 19.9 Å². The van der Waals surface area contributed by atoms with Crippen LogP contribution in [0.5, 0.6) is 0 Å². The molecule has 0 unspecified atom stereocenters. The number of hydrogen-bond donors (Lipinski definition) is 2. The van der Waals surface area contributed by atoms with E-state index in [2.05, 4.69) is 32.1 Å². The van der Waals surface area contributed by atoms with Crippen LogP contribution in [-0.4, -0.2) is 27.6 Å². The molecule has 108 valence electrons. The standard InChI is InChI=1S/C15H23N5/c1-2-20-12-11-19-15(20)13-16-8-5-6-10-18-14-7-3-4-9-17-14/h3-4,7,9,11-12,16H,2,5-6,8,10,13H2,1H3,(H,17,18). The monoisotopic (exact) mass is 273 g/mol. The van der Waals surface area contributed by atoms with Gasteiger partial charge in [0, 0.05) is 31.7 Å². The Morgan fingerprint density at radius 1 is 1.10 bits per heavy atom.